The summed E-state index contributed by atoms with van der Waals surface area (Å²) in [6.45, 7) is 10.6. The number of nitrogens with one attached hydrogen (secondary N) is 1. The van der Waals surface area contributed by atoms with Crippen LogP contribution in [0.3, 0.4) is 0 Å². The van der Waals surface area contributed by atoms with Crippen LogP contribution < -0.4 is 5.32 Å². The molecule has 3 heteroatoms. The molecular formula is C15H23F2N. The first kappa shape index (κ1) is 15.1. The number of aryl methyl sites for hydroxylation is 1. The smallest absolute Gasteiger partial charge is 0.132 e. The Balaban J connectivity index is 2.70. The van der Waals surface area contributed by atoms with Crippen molar-refractivity contribution < 1.29 is 8.78 Å². The fourth-order valence-corrected chi connectivity index (χ4v) is 1.80. The number of halogens is 2. The highest BCUT2D eigenvalue weighted by Crippen LogP contribution is 2.19. The van der Waals surface area contributed by atoms with Gasteiger partial charge in [0.15, 0.2) is 0 Å². The average Bonchev–Trinajstić information content (AvgIpc) is 2.26. The van der Waals surface area contributed by atoms with Gasteiger partial charge in [-0.1, -0.05) is 13.0 Å². The highest BCUT2D eigenvalue weighted by atomic mass is 19.1. The monoisotopic (exact) mass is 255 g/mol. The van der Waals surface area contributed by atoms with Crippen molar-refractivity contribution in [2.24, 2.45) is 5.92 Å². The van der Waals surface area contributed by atoms with E-state index in [1.165, 1.54) is 12.1 Å². The Morgan fingerprint density at radius 2 is 1.83 bits per heavy atom. The molecule has 102 valence electrons. The first-order valence-electron chi connectivity index (χ1n) is 6.39. The van der Waals surface area contributed by atoms with E-state index < -0.39 is 11.6 Å². The molecule has 0 radical (unpaired) electrons. The van der Waals surface area contributed by atoms with Crippen LogP contribution in [-0.4, -0.2) is 12.1 Å². The van der Waals surface area contributed by atoms with E-state index in [-0.39, 0.29) is 17.0 Å². The molecule has 1 aromatic rings. The second-order valence-corrected chi connectivity index (χ2v) is 6.10. The molecule has 1 N–H and O–H groups in total. The third-order valence-corrected chi connectivity index (χ3v) is 2.91. The fraction of sp³-hybridized carbons (Fsp3) is 0.600. The van der Waals surface area contributed by atoms with Gasteiger partial charge in [0.25, 0.3) is 0 Å². The predicted octanol–water partition coefficient (Wildman–Crippen LogP) is 3.84. The van der Waals surface area contributed by atoms with Crippen LogP contribution in [0.15, 0.2) is 12.1 Å². The Kier molecular flexibility index (Phi) is 4.85. The van der Waals surface area contributed by atoms with E-state index in [1.54, 1.807) is 6.92 Å². The van der Waals surface area contributed by atoms with Gasteiger partial charge >= 0.3 is 0 Å². The zero-order valence-electron chi connectivity index (χ0n) is 11.9. The lowest BCUT2D eigenvalue weighted by Crippen LogP contribution is -2.39. The lowest BCUT2D eigenvalue weighted by molar-refractivity contribution is 0.377. The number of hydrogen-bond donors (Lipinski definition) is 1. The maximum Gasteiger partial charge on any atom is 0.132 e. The van der Waals surface area contributed by atoms with Crippen LogP contribution in [0.25, 0.3) is 0 Å². The van der Waals surface area contributed by atoms with E-state index in [0.717, 1.165) is 6.54 Å². The van der Waals surface area contributed by atoms with Gasteiger partial charge in [-0.25, -0.2) is 8.78 Å². The molecule has 0 bridgehead atoms. The third kappa shape index (κ3) is 4.37. The Morgan fingerprint density at radius 3 is 2.39 bits per heavy atom. The summed E-state index contributed by atoms with van der Waals surface area (Å²) in [5, 5.41) is 3.35. The molecule has 0 aliphatic rings. The summed E-state index contributed by atoms with van der Waals surface area (Å²) < 4.78 is 27.4. The summed E-state index contributed by atoms with van der Waals surface area (Å²) in [5.41, 5.74) is 0.735. The minimum Gasteiger partial charge on any atom is -0.312 e. The number of benzene rings is 1. The zero-order chi connectivity index (χ0) is 13.9. The zero-order valence-corrected chi connectivity index (χ0v) is 11.9. The van der Waals surface area contributed by atoms with Gasteiger partial charge < -0.3 is 5.32 Å². The molecule has 0 spiro atoms. The molecule has 0 aromatic heterocycles. The molecule has 18 heavy (non-hydrogen) atoms. The van der Waals surface area contributed by atoms with Crippen LogP contribution in [-0.2, 0) is 6.42 Å². The van der Waals surface area contributed by atoms with E-state index in [2.05, 4.69) is 26.1 Å². The molecule has 1 atom stereocenters. The van der Waals surface area contributed by atoms with Crippen molar-refractivity contribution >= 4 is 0 Å². The van der Waals surface area contributed by atoms with Crippen LogP contribution in [0, 0.1) is 24.5 Å². The molecule has 0 amide bonds. The molecule has 0 fully saturated rings. The van der Waals surface area contributed by atoms with E-state index >= 15 is 0 Å². The Hall–Kier alpha value is -0.960. The van der Waals surface area contributed by atoms with Crippen molar-refractivity contribution in [1.29, 1.82) is 0 Å². The average molecular weight is 255 g/mol. The highest BCUT2D eigenvalue weighted by molar-refractivity contribution is 5.26. The van der Waals surface area contributed by atoms with Crippen LogP contribution in [0.4, 0.5) is 8.78 Å². The first-order chi connectivity index (χ1) is 8.20. The van der Waals surface area contributed by atoms with Crippen LogP contribution in [0.5, 0.6) is 0 Å². The molecule has 0 saturated heterocycles. The molecule has 0 aliphatic carbocycles. The summed E-state index contributed by atoms with van der Waals surface area (Å²) in [5.74, 6) is -0.659. The summed E-state index contributed by atoms with van der Waals surface area (Å²) in [4.78, 5) is 0. The maximum absolute atomic E-state index is 13.8. The van der Waals surface area contributed by atoms with Crippen molar-refractivity contribution in [1.82, 2.24) is 5.32 Å². The predicted molar refractivity (Wildman–Crippen MR) is 71.7 cm³/mol. The summed E-state index contributed by atoms with van der Waals surface area (Å²) >= 11 is 0. The number of hydrogen-bond acceptors (Lipinski definition) is 1. The highest BCUT2D eigenvalue weighted by Gasteiger charge is 2.16. The third-order valence-electron chi connectivity index (χ3n) is 2.91. The fourth-order valence-electron chi connectivity index (χ4n) is 1.80. The Morgan fingerprint density at radius 1 is 1.22 bits per heavy atom. The van der Waals surface area contributed by atoms with Crippen molar-refractivity contribution in [2.45, 2.75) is 46.6 Å². The molecule has 1 unspecified atom stereocenters. The van der Waals surface area contributed by atoms with E-state index in [9.17, 15) is 8.78 Å². The summed E-state index contributed by atoms with van der Waals surface area (Å²) in [6.07, 6.45) is 0.419. The minimum absolute atomic E-state index is 0.0257. The SMILES string of the molecule is Cc1ccc(F)c(CC(C)CNC(C)(C)C)c1F. The second kappa shape index (κ2) is 5.79. The lowest BCUT2D eigenvalue weighted by Gasteiger charge is -2.23. The first-order valence-corrected chi connectivity index (χ1v) is 6.39. The van der Waals surface area contributed by atoms with Gasteiger partial charge in [-0.05, 0) is 58.2 Å². The van der Waals surface area contributed by atoms with Crippen molar-refractivity contribution in [3.63, 3.8) is 0 Å². The standard InChI is InChI=1S/C15H23F2N/c1-10(9-18-15(3,4)5)8-12-13(16)7-6-11(2)14(12)17/h6-7,10,18H,8-9H2,1-5H3. The molecule has 1 aromatic carbocycles. The molecule has 0 heterocycles. The van der Waals surface area contributed by atoms with Gasteiger partial charge in [-0.3, -0.25) is 0 Å². The molecule has 1 nitrogen and oxygen atoms in total. The summed E-state index contributed by atoms with van der Waals surface area (Å²) in [7, 11) is 0. The second-order valence-electron chi connectivity index (χ2n) is 6.10. The minimum atomic E-state index is -0.444. The number of rotatable bonds is 4. The molecule has 0 saturated carbocycles. The van der Waals surface area contributed by atoms with E-state index in [1.807, 2.05) is 6.92 Å². The van der Waals surface area contributed by atoms with Gasteiger partial charge in [-0.15, -0.1) is 0 Å². The van der Waals surface area contributed by atoms with Gasteiger partial charge in [0.2, 0.25) is 0 Å². The largest absolute Gasteiger partial charge is 0.312 e. The van der Waals surface area contributed by atoms with Crippen molar-refractivity contribution in [3.8, 4) is 0 Å². The van der Waals surface area contributed by atoms with Gasteiger partial charge in [-0.2, -0.15) is 0 Å². The molecular weight excluding hydrogens is 232 g/mol. The lowest BCUT2D eigenvalue weighted by atomic mass is 9.97. The topological polar surface area (TPSA) is 12.0 Å². The normalized spacial score (nSPS) is 13.7. The van der Waals surface area contributed by atoms with Crippen LogP contribution in [0.1, 0.15) is 38.8 Å². The Labute approximate surface area is 109 Å². The van der Waals surface area contributed by atoms with E-state index in [0.29, 0.717) is 12.0 Å². The quantitative estimate of drug-likeness (QED) is 0.862. The van der Waals surface area contributed by atoms with Gasteiger partial charge in [0, 0.05) is 11.1 Å². The van der Waals surface area contributed by atoms with E-state index in [4.69, 9.17) is 0 Å². The van der Waals surface area contributed by atoms with Gasteiger partial charge in [0.1, 0.15) is 11.6 Å². The molecule has 1 rings (SSSR count). The summed E-state index contributed by atoms with van der Waals surface area (Å²) in [6, 6.07) is 2.82. The van der Waals surface area contributed by atoms with Crippen molar-refractivity contribution in [2.75, 3.05) is 6.54 Å². The molecule has 0 aliphatic heterocycles. The van der Waals surface area contributed by atoms with Crippen LogP contribution in [0.2, 0.25) is 0 Å². The maximum atomic E-state index is 13.8. The van der Waals surface area contributed by atoms with Crippen LogP contribution >= 0.6 is 0 Å². The Bertz CT molecular complexity index is 408. The van der Waals surface area contributed by atoms with Crippen molar-refractivity contribution in [3.05, 3.63) is 34.9 Å². The van der Waals surface area contributed by atoms with Gasteiger partial charge in [0.05, 0.1) is 0 Å².